The van der Waals surface area contributed by atoms with Crippen LogP contribution in [0, 0.1) is 0 Å². The minimum atomic E-state index is -3.63. The van der Waals surface area contributed by atoms with Crippen molar-refractivity contribution < 1.29 is 22.4 Å². The van der Waals surface area contributed by atoms with Crippen molar-refractivity contribution in [3.8, 4) is 0 Å². The zero-order valence-electron chi connectivity index (χ0n) is 15.6. The molecule has 1 saturated heterocycles. The summed E-state index contributed by atoms with van der Waals surface area (Å²) in [5, 5.41) is 3.53. The van der Waals surface area contributed by atoms with Crippen LogP contribution in [0.15, 0.2) is 62.6 Å². The van der Waals surface area contributed by atoms with Crippen molar-refractivity contribution in [2.75, 3.05) is 31.6 Å². The average Bonchev–Trinajstić information content (AvgIpc) is 2.74. The Morgan fingerprint density at radius 2 is 1.73 bits per heavy atom. The van der Waals surface area contributed by atoms with Gasteiger partial charge in [0.05, 0.1) is 18.1 Å². The highest BCUT2D eigenvalue weighted by atomic mass is 35.5. The van der Waals surface area contributed by atoms with Crippen LogP contribution in [0.3, 0.4) is 0 Å². The van der Waals surface area contributed by atoms with E-state index in [1.165, 1.54) is 34.6 Å². The summed E-state index contributed by atoms with van der Waals surface area (Å²) in [5.41, 5.74) is -0.311. The summed E-state index contributed by atoms with van der Waals surface area (Å²) in [6.07, 6.45) is 0. The molecule has 10 heteroatoms. The van der Waals surface area contributed by atoms with E-state index < -0.39 is 21.6 Å². The van der Waals surface area contributed by atoms with Gasteiger partial charge >= 0.3 is 5.63 Å². The number of hydrogen-bond acceptors (Lipinski definition) is 6. The Hall–Kier alpha value is -2.72. The van der Waals surface area contributed by atoms with Gasteiger partial charge in [-0.2, -0.15) is 4.31 Å². The third-order valence-corrected chi connectivity index (χ3v) is 6.81. The van der Waals surface area contributed by atoms with Gasteiger partial charge in [0.15, 0.2) is 0 Å². The number of nitrogens with one attached hydrogen (secondary N) is 1. The normalized spacial score (nSPS) is 15.2. The van der Waals surface area contributed by atoms with Gasteiger partial charge in [0, 0.05) is 29.2 Å². The van der Waals surface area contributed by atoms with Crippen LogP contribution in [-0.4, -0.2) is 44.9 Å². The predicted molar refractivity (Wildman–Crippen MR) is 111 cm³/mol. The highest BCUT2D eigenvalue weighted by Crippen LogP contribution is 2.21. The molecule has 0 spiro atoms. The molecule has 2 aromatic carbocycles. The SMILES string of the molecule is O=C(Nc1ccc(S(=O)(=O)N2CCOCC2)cc1)c1cc2cc(Cl)ccc2oc1=O. The fraction of sp³-hybridized carbons (Fsp3) is 0.200. The van der Waals surface area contributed by atoms with Crippen LogP contribution in [0.25, 0.3) is 11.0 Å². The number of sulfonamides is 1. The minimum absolute atomic E-state index is 0.113. The van der Waals surface area contributed by atoms with E-state index in [0.29, 0.717) is 48.0 Å². The molecular weight excluding hydrogens is 432 g/mol. The first-order chi connectivity index (χ1) is 14.3. The summed E-state index contributed by atoms with van der Waals surface area (Å²) < 4.78 is 37.0. The number of carbonyl (C=O) groups is 1. The molecule has 0 unspecified atom stereocenters. The molecule has 1 amide bonds. The number of anilines is 1. The number of amides is 1. The van der Waals surface area contributed by atoms with Crippen molar-refractivity contribution in [2.45, 2.75) is 4.90 Å². The first-order valence-corrected chi connectivity index (χ1v) is 10.9. The molecule has 156 valence electrons. The zero-order chi connectivity index (χ0) is 21.3. The summed E-state index contributed by atoms with van der Waals surface area (Å²) in [4.78, 5) is 24.8. The van der Waals surface area contributed by atoms with Crippen molar-refractivity contribution >= 4 is 44.2 Å². The molecule has 1 aliphatic rings. The number of halogens is 1. The Morgan fingerprint density at radius 3 is 2.43 bits per heavy atom. The molecule has 8 nitrogen and oxygen atoms in total. The standard InChI is InChI=1S/C20H17ClN2O6S/c21-14-1-6-18-13(11-14)12-17(20(25)29-18)19(24)22-15-2-4-16(5-3-15)30(26,27)23-7-9-28-10-8-23/h1-6,11-12H,7-10H2,(H,22,24). The van der Waals surface area contributed by atoms with Crippen LogP contribution >= 0.6 is 11.6 Å². The second-order valence-electron chi connectivity index (χ2n) is 6.62. The first-order valence-electron chi connectivity index (χ1n) is 9.07. The number of rotatable bonds is 4. The van der Waals surface area contributed by atoms with Gasteiger partial charge in [-0.25, -0.2) is 13.2 Å². The van der Waals surface area contributed by atoms with Gasteiger partial charge < -0.3 is 14.5 Å². The molecule has 3 aromatic rings. The van der Waals surface area contributed by atoms with Crippen LogP contribution in [0.5, 0.6) is 0 Å². The molecule has 4 rings (SSSR count). The van der Waals surface area contributed by atoms with Gasteiger partial charge in [-0.3, -0.25) is 4.79 Å². The topological polar surface area (TPSA) is 106 Å². The Balaban J connectivity index is 1.55. The molecule has 1 aliphatic heterocycles. The van der Waals surface area contributed by atoms with E-state index >= 15 is 0 Å². The second kappa shape index (κ2) is 8.19. The smallest absolute Gasteiger partial charge is 0.349 e. The van der Waals surface area contributed by atoms with Crippen molar-refractivity contribution in [1.29, 1.82) is 0 Å². The average molecular weight is 449 g/mol. The van der Waals surface area contributed by atoms with Gasteiger partial charge in [-0.1, -0.05) is 11.6 Å². The molecule has 0 saturated carbocycles. The Bertz CT molecular complexity index is 1260. The first kappa shape index (κ1) is 20.5. The molecule has 1 fully saturated rings. The Kier molecular flexibility index (Phi) is 5.61. The fourth-order valence-corrected chi connectivity index (χ4v) is 4.69. The summed E-state index contributed by atoms with van der Waals surface area (Å²) in [5.74, 6) is -0.672. The predicted octanol–water partition coefficient (Wildman–Crippen LogP) is 2.72. The summed E-state index contributed by atoms with van der Waals surface area (Å²) >= 11 is 5.95. The van der Waals surface area contributed by atoms with Crippen molar-refractivity contribution in [3.05, 3.63) is 69.5 Å². The van der Waals surface area contributed by atoms with E-state index in [1.54, 1.807) is 18.2 Å². The lowest BCUT2D eigenvalue weighted by atomic mass is 10.1. The summed E-state index contributed by atoms with van der Waals surface area (Å²) in [6.45, 7) is 1.30. The highest BCUT2D eigenvalue weighted by molar-refractivity contribution is 7.89. The summed E-state index contributed by atoms with van der Waals surface area (Å²) in [7, 11) is -3.63. The van der Waals surface area contributed by atoms with E-state index in [-0.39, 0.29) is 10.5 Å². The molecular formula is C20H17ClN2O6S. The van der Waals surface area contributed by atoms with Crippen molar-refractivity contribution in [3.63, 3.8) is 0 Å². The maximum absolute atomic E-state index is 12.7. The van der Waals surface area contributed by atoms with Crippen LogP contribution in [0.1, 0.15) is 10.4 Å². The molecule has 0 bridgehead atoms. The minimum Gasteiger partial charge on any atom is -0.422 e. The molecule has 1 aromatic heterocycles. The van der Waals surface area contributed by atoms with Crippen LogP contribution < -0.4 is 10.9 Å². The van der Waals surface area contributed by atoms with Crippen molar-refractivity contribution in [2.24, 2.45) is 0 Å². The number of benzene rings is 2. The van der Waals surface area contributed by atoms with Gasteiger partial charge in [0.25, 0.3) is 5.91 Å². The number of hydrogen-bond donors (Lipinski definition) is 1. The number of carbonyl (C=O) groups excluding carboxylic acids is 1. The molecule has 0 radical (unpaired) electrons. The third kappa shape index (κ3) is 4.10. The van der Waals surface area contributed by atoms with E-state index in [0.717, 1.165) is 0 Å². The third-order valence-electron chi connectivity index (χ3n) is 4.66. The quantitative estimate of drug-likeness (QED) is 0.615. The maximum Gasteiger partial charge on any atom is 0.349 e. The lowest BCUT2D eigenvalue weighted by Crippen LogP contribution is -2.40. The molecule has 2 heterocycles. The Morgan fingerprint density at radius 1 is 1.03 bits per heavy atom. The number of morpholine rings is 1. The molecule has 30 heavy (non-hydrogen) atoms. The van der Waals surface area contributed by atoms with E-state index in [2.05, 4.69) is 5.32 Å². The van der Waals surface area contributed by atoms with Gasteiger partial charge in [0.2, 0.25) is 10.0 Å². The van der Waals surface area contributed by atoms with E-state index in [1.807, 2.05) is 0 Å². The lowest BCUT2D eigenvalue weighted by Gasteiger charge is -2.26. The Labute approximate surface area is 177 Å². The largest absolute Gasteiger partial charge is 0.422 e. The monoisotopic (exact) mass is 448 g/mol. The van der Waals surface area contributed by atoms with Gasteiger partial charge in [-0.05, 0) is 48.5 Å². The van der Waals surface area contributed by atoms with Crippen LogP contribution in [0.2, 0.25) is 5.02 Å². The summed E-state index contributed by atoms with van der Waals surface area (Å²) in [6, 6.07) is 11.9. The van der Waals surface area contributed by atoms with E-state index in [9.17, 15) is 18.0 Å². The molecule has 0 atom stereocenters. The van der Waals surface area contributed by atoms with Crippen LogP contribution in [0.4, 0.5) is 5.69 Å². The van der Waals surface area contributed by atoms with Crippen LogP contribution in [-0.2, 0) is 14.8 Å². The van der Waals surface area contributed by atoms with Gasteiger partial charge in [0.1, 0.15) is 11.1 Å². The second-order valence-corrected chi connectivity index (χ2v) is 9.00. The fourth-order valence-electron chi connectivity index (χ4n) is 3.10. The molecule has 0 aliphatic carbocycles. The van der Waals surface area contributed by atoms with Crippen molar-refractivity contribution in [1.82, 2.24) is 4.31 Å². The lowest BCUT2D eigenvalue weighted by molar-refractivity contribution is 0.0730. The zero-order valence-corrected chi connectivity index (χ0v) is 17.2. The number of fused-ring (bicyclic) bond motifs is 1. The molecule has 1 N–H and O–H groups in total. The number of nitrogens with zero attached hydrogens (tertiary/aromatic N) is 1. The highest BCUT2D eigenvalue weighted by Gasteiger charge is 2.26. The number of ether oxygens (including phenoxy) is 1. The van der Waals surface area contributed by atoms with E-state index in [4.69, 9.17) is 20.8 Å². The maximum atomic E-state index is 12.7. The van der Waals surface area contributed by atoms with Gasteiger partial charge in [-0.15, -0.1) is 0 Å².